The Balaban J connectivity index is 2.81. The number of ether oxygens (including phenoxy) is 1. The minimum absolute atomic E-state index is 0.725. The summed E-state index contributed by atoms with van der Waals surface area (Å²) in [5, 5.41) is 0. The highest BCUT2D eigenvalue weighted by Crippen LogP contribution is 2.17. The average Bonchev–Trinajstić information content (AvgIpc) is 2.06. The lowest BCUT2D eigenvalue weighted by molar-refractivity contribution is 0.150. The number of hydrogen-bond donors (Lipinski definition) is 0. The molecule has 1 aliphatic heterocycles. The van der Waals surface area contributed by atoms with Gasteiger partial charge in [-0.05, 0) is 24.5 Å². The van der Waals surface area contributed by atoms with Gasteiger partial charge in [-0.2, -0.15) is 0 Å². The van der Waals surface area contributed by atoms with Gasteiger partial charge in [-0.1, -0.05) is 24.8 Å². The maximum absolute atomic E-state index is 5.29. The van der Waals surface area contributed by atoms with Gasteiger partial charge in [-0.15, -0.1) is 0 Å². The third-order valence-corrected chi connectivity index (χ3v) is 1.80. The molecule has 0 bridgehead atoms. The lowest BCUT2D eigenvalue weighted by Gasteiger charge is -2.15. The smallest absolute Gasteiger partial charge is 0.0719 e. The SMILES string of the molecule is C=CC1=C(/C=C\C)CCOC1. The van der Waals surface area contributed by atoms with Crippen molar-refractivity contribution in [3.63, 3.8) is 0 Å². The maximum atomic E-state index is 5.29. The van der Waals surface area contributed by atoms with Gasteiger partial charge >= 0.3 is 0 Å². The van der Waals surface area contributed by atoms with E-state index < -0.39 is 0 Å². The first-order valence-corrected chi connectivity index (χ1v) is 3.93. The van der Waals surface area contributed by atoms with Gasteiger partial charge in [-0.3, -0.25) is 0 Å². The zero-order valence-corrected chi connectivity index (χ0v) is 6.97. The minimum Gasteiger partial charge on any atom is -0.376 e. The first kappa shape index (κ1) is 8.28. The molecule has 0 radical (unpaired) electrons. The molecule has 0 aromatic heterocycles. The fraction of sp³-hybridized carbons (Fsp3) is 0.400. The Morgan fingerprint density at radius 3 is 2.91 bits per heavy atom. The van der Waals surface area contributed by atoms with Crippen LogP contribution in [0.5, 0.6) is 0 Å². The second-order valence-electron chi connectivity index (χ2n) is 2.56. The Labute approximate surface area is 68.1 Å². The summed E-state index contributed by atoms with van der Waals surface area (Å²) in [4.78, 5) is 0. The molecule has 11 heavy (non-hydrogen) atoms. The van der Waals surface area contributed by atoms with E-state index >= 15 is 0 Å². The van der Waals surface area contributed by atoms with Gasteiger partial charge in [-0.25, -0.2) is 0 Å². The Kier molecular flexibility index (Phi) is 3.12. The monoisotopic (exact) mass is 150 g/mol. The van der Waals surface area contributed by atoms with E-state index in [9.17, 15) is 0 Å². The Morgan fingerprint density at radius 1 is 1.45 bits per heavy atom. The molecular weight excluding hydrogens is 136 g/mol. The van der Waals surface area contributed by atoms with Crippen LogP contribution in [-0.4, -0.2) is 13.2 Å². The second-order valence-corrected chi connectivity index (χ2v) is 2.56. The first-order chi connectivity index (χ1) is 5.38. The van der Waals surface area contributed by atoms with Crippen molar-refractivity contribution in [1.82, 2.24) is 0 Å². The van der Waals surface area contributed by atoms with E-state index in [2.05, 4.69) is 18.7 Å². The molecule has 0 unspecified atom stereocenters. The van der Waals surface area contributed by atoms with Crippen molar-refractivity contribution < 1.29 is 4.74 Å². The third-order valence-electron chi connectivity index (χ3n) is 1.80. The summed E-state index contributed by atoms with van der Waals surface area (Å²) in [6, 6.07) is 0. The van der Waals surface area contributed by atoms with Crippen LogP contribution in [0.4, 0.5) is 0 Å². The minimum atomic E-state index is 0.725. The van der Waals surface area contributed by atoms with Crippen LogP contribution in [0.3, 0.4) is 0 Å². The van der Waals surface area contributed by atoms with Crippen LogP contribution in [-0.2, 0) is 4.74 Å². The van der Waals surface area contributed by atoms with E-state index in [1.807, 2.05) is 13.0 Å². The van der Waals surface area contributed by atoms with Gasteiger partial charge in [0, 0.05) is 0 Å². The van der Waals surface area contributed by atoms with Crippen LogP contribution < -0.4 is 0 Å². The predicted molar refractivity (Wildman–Crippen MR) is 47.5 cm³/mol. The first-order valence-electron chi connectivity index (χ1n) is 3.93. The highest BCUT2D eigenvalue weighted by Gasteiger charge is 2.06. The van der Waals surface area contributed by atoms with Crippen molar-refractivity contribution in [2.75, 3.05) is 13.2 Å². The van der Waals surface area contributed by atoms with Crippen LogP contribution in [0, 0.1) is 0 Å². The van der Waals surface area contributed by atoms with Crippen molar-refractivity contribution in [2.45, 2.75) is 13.3 Å². The van der Waals surface area contributed by atoms with Crippen LogP contribution in [0.2, 0.25) is 0 Å². The molecule has 0 aromatic carbocycles. The lowest BCUT2D eigenvalue weighted by Crippen LogP contribution is -2.08. The molecule has 0 saturated carbocycles. The summed E-state index contributed by atoms with van der Waals surface area (Å²) in [5.41, 5.74) is 2.60. The Hall–Kier alpha value is -0.820. The van der Waals surface area contributed by atoms with E-state index in [0.717, 1.165) is 19.6 Å². The summed E-state index contributed by atoms with van der Waals surface area (Å²) >= 11 is 0. The zero-order chi connectivity index (χ0) is 8.10. The summed E-state index contributed by atoms with van der Waals surface area (Å²) in [7, 11) is 0. The highest BCUT2D eigenvalue weighted by atomic mass is 16.5. The van der Waals surface area contributed by atoms with Crippen molar-refractivity contribution in [1.29, 1.82) is 0 Å². The number of allylic oxidation sites excluding steroid dienone is 2. The van der Waals surface area contributed by atoms with E-state index in [4.69, 9.17) is 4.74 Å². The quantitative estimate of drug-likeness (QED) is 0.587. The molecule has 0 saturated heterocycles. The topological polar surface area (TPSA) is 9.23 Å². The summed E-state index contributed by atoms with van der Waals surface area (Å²) < 4.78 is 5.29. The summed E-state index contributed by atoms with van der Waals surface area (Å²) in [6.45, 7) is 7.35. The fourth-order valence-electron chi connectivity index (χ4n) is 1.20. The van der Waals surface area contributed by atoms with Crippen molar-refractivity contribution in [3.8, 4) is 0 Å². The van der Waals surface area contributed by atoms with Crippen molar-refractivity contribution in [2.24, 2.45) is 0 Å². The Morgan fingerprint density at radius 2 is 2.27 bits per heavy atom. The molecule has 1 aliphatic rings. The molecule has 0 amide bonds. The van der Waals surface area contributed by atoms with E-state index in [1.165, 1.54) is 11.1 Å². The molecule has 0 fully saturated rings. The van der Waals surface area contributed by atoms with Crippen LogP contribution in [0.1, 0.15) is 13.3 Å². The number of rotatable bonds is 2. The summed E-state index contributed by atoms with van der Waals surface area (Å²) in [5.74, 6) is 0. The molecule has 1 nitrogen and oxygen atoms in total. The average molecular weight is 150 g/mol. The van der Waals surface area contributed by atoms with Crippen molar-refractivity contribution in [3.05, 3.63) is 36.0 Å². The van der Waals surface area contributed by atoms with Gasteiger partial charge in [0.1, 0.15) is 0 Å². The highest BCUT2D eigenvalue weighted by molar-refractivity contribution is 5.33. The molecule has 0 spiro atoms. The van der Waals surface area contributed by atoms with Gasteiger partial charge < -0.3 is 4.74 Å². The Bertz CT molecular complexity index is 199. The van der Waals surface area contributed by atoms with E-state index in [1.54, 1.807) is 0 Å². The van der Waals surface area contributed by atoms with Gasteiger partial charge in [0.2, 0.25) is 0 Å². The molecule has 1 rings (SSSR count). The van der Waals surface area contributed by atoms with Crippen LogP contribution in [0.25, 0.3) is 0 Å². The third kappa shape index (κ3) is 2.05. The lowest BCUT2D eigenvalue weighted by atomic mass is 10.0. The van der Waals surface area contributed by atoms with Gasteiger partial charge in [0.05, 0.1) is 13.2 Å². The van der Waals surface area contributed by atoms with Gasteiger partial charge in [0.15, 0.2) is 0 Å². The maximum Gasteiger partial charge on any atom is 0.0719 e. The van der Waals surface area contributed by atoms with E-state index in [-0.39, 0.29) is 0 Å². The number of hydrogen-bond acceptors (Lipinski definition) is 1. The van der Waals surface area contributed by atoms with Crippen molar-refractivity contribution >= 4 is 0 Å². The molecular formula is C10H14O. The van der Waals surface area contributed by atoms with Crippen LogP contribution >= 0.6 is 0 Å². The van der Waals surface area contributed by atoms with E-state index in [0.29, 0.717) is 0 Å². The molecule has 1 heterocycles. The standard InChI is InChI=1S/C10H14O/c1-3-5-10-6-7-11-8-9(10)4-2/h3-5H,2,6-8H2,1H3/b5-3-. The molecule has 60 valence electrons. The molecule has 1 heteroatoms. The zero-order valence-electron chi connectivity index (χ0n) is 6.97. The normalized spacial score (nSPS) is 19.4. The summed E-state index contributed by atoms with van der Waals surface area (Å²) in [6.07, 6.45) is 7.10. The fourth-order valence-corrected chi connectivity index (χ4v) is 1.20. The predicted octanol–water partition coefficient (Wildman–Crippen LogP) is 2.47. The van der Waals surface area contributed by atoms with Crippen LogP contribution in [0.15, 0.2) is 36.0 Å². The molecule has 0 aromatic rings. The molecule has 0 N–H and O–H groups in total. The molecule has 0 atom stereocenters. The largest absolute Gasteiger partial charge is 0.376 e. The molecule has 0 aliphatic carbocycles. The second kappa shape index (κ2) is 4.14. The van der Waals surface area contributed by atoms with Gasteiger partial charge in [0.25, 0.3) is 0 Å².